The first-order valence-electron chi connectivity index (χ1n) is 5.06. The molecule has 0 fully saturated rings. The number of carbonyl (C=O) groups is 1. The minimum absolute atomic E-state index is 0.131. The summed E-state index contributed by atoms with van der Waals surface area (Å²) in [5.74, 6) is -1.34. The van der Waals surface area contributed by atoms with E-state index >= 15 is 0 Å². The fourth-order valence-electron chi connectivity index (χ4n) is 1.26. The van der Waals surface area contributed by atoms with Crippen LogP contribution in [0.25, 0.3) is 0 Å². The summed E-state index contributed by atoms with van der Waals surface area (Å²) in [6.07, 6.45) is 1.39. The molecule has 5 nitrogen and oxygen atoms in total. The van der Waals surface area contributed by atoms with Crippen molar-refractivity contribution in [1.82, 2.24) is 4.72 Å². The Labute approximate surface area is 120 Å². The first kappa shape index (κ1) is 16.0. The summed E-state index contributed by atoms with van der Waals surface area (Å²) in [6, 6.07) is 1.48. The fourth-order valence-corrected chi connectivity index (χ4v) is 3.33. The second kappa shape index (κ2) is 5.92. The van der Waals surface area contributed by atoms with Gasteiger partial charge in [-0.3, -0.25) is 0 Å². The van der Waals surface area contributed by atoms with Gasteiger partial charge in [0.25, 0.3) is 0 Å². The maximum Gasteiger partial charge on any atom is 0.337 e. The van der Waals surface area contributed by atoms with Gasteiger partial charge >= 0.3 is 5.97 Å². The van der Waals surface area contributed by atoms with Crippen molar-refractivity contribution >= 4 is 39.2 Å². The lowest BCUT2D eigenvalue weighted by Gasteiger charge is -2.12. The molecule has 0 aromatic heterocycles. The van der Waals surface area contributed by atoms with Crippen LogP contribution in [-0.2, 0) is 10.0 Å². The van der Waals surface area contributed by atoms with E-state index in [1.807, 2.05) is 0 Å². The Morgan fingerprint density at radius 3 is 2.47 bits per heavy atom. The minimum Gasteiger partial charge on any atom is -0.478 e. The summed E-state index contributed by atoms with van der Waals surface area (Å²) < 4.78 is 26.3. The van der Waals surface area contributed by atoms with E-state index < -0.39 is 22.0 Å². The average Bonchev–Trinajstić information content (AvgIpc) is 2.27. The van der Waals surface area contributed by atoms with E-state index in [1.54, 1.807) is 6.92 Å². The smallest absolute Gasteiger partial charge is 0.337 e. The lowest BCUT2D eigenvalue weighted by atomic mass is 10.2. The highest BCUT2D eigenvalue weighted by molar-refractivity contribution is 7.89. The maximum atomic E-state index is 12.0. The quantitative estimate of drug-likeness (QED) is 0.815. The lowest BCUT2D eigenvalue weighted by Crippen LogP contribution is -2.31. The fraction of sp³-hybridized carbons (Fsp3) is 0.182. The number of nitrogens with one attached hydrogen (secondary N) is 1. The Hall–Kier alpha value is -1.08. The minimum atomic E-state index is -3.95. The number of aromatic carboxylic acids is 1. The van der Waals surface area contributed by atoms with Gasteiger partial charge < -0.3 is 5.11 Å². The van der Waals surface area contributed by atoms with Crippen LogP contribution in [0.3, 0.4) is 0 Å². The molecule has 1 aromatic carbocycles. The van der Waals surface area contributed by atoms with E-state index in [9.17, 15) is 13.2 Å². The molecular formula is C11H11Cl2NO4S. The van der Waals surface area contributed by atoms with Crippen molar-refractivity contribution < 1.29 is 18.3 Å². The second-order valence-electron chi connectivity index (χ2n) is 3.71. The molecule has 0 saturated heterocycles. The first-order chi connectivity index (χ1) is 8.69. The number of benzene rings is 1. The number of hydrogen-bond donors (Lipinski definition) is 2. The molecule has 1 unspecified atom stereocenters. The molecule has 0 aliphatic rings. The Balaban J connectivity index is 3.38. The van der Waals surface area contributed by atoms with Gasteiger partial charge in [0.15, 0.2) is 0 Å². The molecular weight excluding hydrogens is 313 g/mol. The molecule has 104 valence electrons. The lowest BCUT2D eigenvalue weighted by molar-refractivity contribution is 0.0697. The summed E-state index contributed by atoms with van der Waals surface area (Å²) in [7, 11) is -3.95. The van der Waals surface area contributed by atoms with E-state index in [-0.39, 0.29) is 20.5 Å². The molecule has 8 heteroatoms. The van der Waals surface area contributed by atoms with Gasteiger partial charge in [-0.25, -0.2) is 17.9 Å². The van der Waals surface area contributed by atoms with Crippen molar-refractivity contribution in [1.29, 1.82) is 0 Å². The van der Waals surface area contributed by atoms with Crippen LogP contribution < -0.4 is 4.72 Å². The molecule has 2 N–H and O–H groups in total. The van der Waals surface area contributed by atoms with Crippen LogP contribution >= 0.6 is 23.2 Å². The van der Waals surface area contributed by atoms with Crippen molar-refractivity contribution in [3.63, 3.8) is 0 Å². The molecule has 0 aliphatic heterocycles. The zero-order chi connectivity index (χ0) is 14.8. The highest BCUT2D eigenvalue weighted by atomic mass is 35.5. The monoisotopic (exact) mass is 323 g/mol. The Bertz CT molecular complexity index is 628. The van der Waals surface area contributed by atoms with Crippen LogP contribution in [-0.4, -0.2) is 25.5 Å². The van der Waals surface area contributed by atoms with E-state index in [0.717, 1.165) is 12.1 Å². The average molecular weight is 324 g/mol. The first-order valence-corrected chi connectivity index (χ1v) is 7.30. The Morgan fingerprint density at radius 2 is 2.00 bits per heavy atom. The SMILES string of the molecule is C=CC(C)NS(=O)(=O)c1cc(C(=O)O)c(Cl)cc1Cl. The predicted molar refractivity (Wildman–Crippen MR) is 73.4 cm³/mol. The highest BCUT2D eigenvalue weighted by Gasteiger charge is 2.23. The normalized spacial score (nSPS) is 13.0. The van der Waals surface area contributed by atoms with E-state index in [1.165, 1.54) is 6.08 Å². The van der Waals surface area contributed by atoms with E-state index in [0.29, 0.717) is 0 Å². The third-order valence-corrected chi connectivity index (χ3v) is 4.57. The van der Waals surface area contributed by atoms with Gasteiger partial charge in [0.05, 0.1) is 15.6 Å². The van der Waals surface area contributed by atoms with Crippen molar-refractivity contribution in [2.45, 2.75) is 17.9 Å². The van der Waals surface area contributed by atoms with Gasteiger partial charge in [-0.05, 0) is 19.1 Å². The standard InChI is InChI=1S/C11H11Cl2NO4S/c1-3-6(2)14-19(17,18)10-4-7(11(15)16)8(12)5-9(10)13/h3-6,14H,1H2,2H3,(H,15,16). The van der Waals surface area contributed by atoms with Gasteiger partial charge in [0.2, 0.25) is 10.0 Å². The molecule has 0 amide bonds. The number of halogens is 2. The van der Waals surface area contributed by atoms with Gasteiger partial charge in [0, 0.05) is 6.04 Å². The summed E-state index contributed by atoms with van der Waals surface area (Å²) in [4.78, 5) is 10.6. The molecule has 0 heterocycles. The summed E-state index contributed by atoms with van der Waals surface area (Å²) in [5, 5.41) is 8.63. The molecule has 0 saturated carbocycles. The topological polar surface area (TPSA) is 83.5 Å². The summed E-state index contributed by atoms with van der Waals surface area (Å²) >= 11 is 11.5. The Morgan fingerprint density at radius 1 is 1.42 bits per heavy atom. The van der Waals surface area contributed by atoms with Gasteiger partial charge in [-0.2, -0.15) is 0 Å². The molecule has 1 rings (SSSR count). The number of carboxylic acid groups (broad SMARTS) is 1. The van der Waals surface area contributed by atoms with Crippen molar-refractivity contribution in [3.05, 3.63) is 40.4 Å². The molecule has 0 radical (unpaired) electrons. The summed E-state index contributed by atoms with van der Waals surface area (Å²) in [6.45, 7) is 5.02. The second-order valence-corrected chi connectivity index (χ2v) is 6.21. The van der Waals surface area contributed by atoms with Crippen LogP contribution in [0.4, 0.5) is 0 Å². The largest absolute Gasteiger partial charge is 0.478 e. The number of rotatable bonds is 5. The maximum absolute atomic E-state index is 12.0. The van der Waals surface area contributed by atoms with Crippen LogP contribution in [0.1, 0.15) is 17.3 Å². The molecule has 1 atom stereocenters. The zero-order valence-corrected chi connectivity index (χ0v) is 12.2. The van der Waals surface area contributed by atoms with E-state index in [4.69, 9.17) is 28.3 Å². The molecule has 0 spiro atoms. The van der Waals surface area contributed by atoms with Crippen LogP contribution in [0, 0.1) is 0 Å². The third kappa shape index (κ3) is 3.70. The Kier molecular flexibility index (Phi) is 4.98. The van der Waals surface area contributed by atoms with Crippen molar-refractivity contribution in [3.8, 4) is 0 Å². The molecule has 19 heavy (non-hydrogen) atoms. The van der Waals surface area contributed by atoms with Gasteiger partial charge in [0.1, 0.15) is 4.90 Å². The van der Waals surface area contributed by atoms with Crippen LogP contribution in [0.2, 0.25) is 10.0 Å². The predicted octanol–water partition coefficient (Wildman–Crippen LogP) is 2.54. The van der Waals surface area contributed by atoms with Gasteiger partial charge in [-0.15, -0.1) is 6.58 Å². The number of hydrogen-bond acceptors (Lipinski definition) is 3. The molecule has 1 aromatic rings. The van der Waals surface area contributed by atoms with E-state index in [2.05, 4.69) is 11.3 Å². The van der Waals surface area contributed by atoms with Crippen molar-refractivity contribution in [2.24, 2.45) is 0 Å². The molecule has 0 aliphatic carbocycles. The zero-order valence-electron chi connectivity index (χ0n) is 9.85. The summed E-state index contributed by atoms with van der Waals surface area (Å²) in [5.41, 5.74) is -0.335. The van der Waals surface area contributed by atoms with Crippen LogP contribution in [0.5, 0.6) is 0 Å². The number of carboxylic acids is 1. The highest BCUT2D eigenvalue weighted by Crippen LogP contribution is 2.28. The van der Waals surface area contributed by atoms with Crippen LogP contribution in [0.15, 0.2) is 29.7 Å². The molecule has 0 bridgehead atoms. The van der Waals surface area contributed by atoms with Crippen molar-refractivity contribution in [2.75, 3.05) is 0 Å². The van der Waals surface area contributed by atoms with Gasteiger partial charge in [-0.1, -0.05) is 29.3 Å². The number of sulfonamides is 1. The third-order valence-electron chi connectivity index (χ3n) is 2.24.